The van der Waals surface area contributed by atoms with Crippen molar-refractivity contribution in [2.24, 2.45) is 0 Å². The van der Waals surface area contributed by atoms with E-state index < -0.39 is 0 Å². The quantitative estimate of drug-likeness (QED) is 0.924. The van der Waals surface area contributed by atoms with Gasteiger partial charge < -0.3 is 14.6 Å². The van der Waals surface area contributed by atoms with Crippen LogP contribution in [0.4, 0.5) is 0 Å². The van der Waals surface area contributed by atoms with Crippen LogP contribution in [-0.2, 0) is 11.3 Å². The summed E-state index contributed by atoms with van der Waals surface area (Å²) in [6.45, 7) is 0.702. The molecule has 1 aliphatic heterocycles. The highest BCUT2D eigenvalue weighted by Crippen LogP contribution is 2.43. The Morgan fingerprint density at radius 1 is 1.42 bits per heavy atom. The van der Waals surface area contributed by atoms with Crippen LogP contribution < -0.4 is 4.74 Å². The molecule has 1 atom stereocenters. The Morgan fingerprint density at radius 3 is 2.95 bits per heavy atom. The molecule has 4 heteroatoms. The number of aliphatic hydroxyl groups excluding tert-OH is 1. The van der Waals surface area contributed by atoms with Gasteiger partial charge in [-0.25, -0.2) is 0 Å². The molecule has 1 N–H and O–H groups in total. The lowest BCUT2D eigenvalue weighted by Crippen LogP contribution is -2.48. The van der Waals surface area contributed by atoms with Gasteiger partial charge in [-0.05, 0) is 25.3 Å². The molecule has 0 aromatic heterocycles. The molecule has 0 bridgehead atoms. The van der Waals surface area contributed by atoms with Crippen molar-refractivity contribution in [3.8, 4) is 5.75 Å². The van der Waals surface area contributed by atoms with Crippen LogP contribution in [0, 0.1) is 0 Å². The minimum atomic E-state index is -0.0513. The van der Waals surface area contributed by atoms with Crippen molar-refractivity contribution in [2.75, 3.05) is 6.61 Å². The third-order valence-electron chi connectivity index (χ3n) is 4.22. The maximum Gasteiger partial charge on any atom is 0.143 e. The van der Waals surface area contributed by atoms with Gasteiger partial charge in [-0.15, -0.1) is 0 Å². The van der Waals surface area contributed by atoms with Crippen LogP contribution in [-0.4, -0.2) is 23.4 Å². The molecule has 1 saturated heterocycles. The first-order chi connectivity index (χ1) is 9.22. The lowest BCUT2D eigenvalue weighted by Gasteiger charge is -2.47. The standard InChI is InChI=1S/C15H19ClO3/c16-13-4-1-3-11(10-17)14(13)19-12-5-8-18-15(9-12)6-2-7-15/h1,3-4,12,17H,2,5-10H2. The summed E-state index contributed by atoms with van der Waals surface area (Å²) in [5.41, 5.74) is 0.811. The van der Waals surface area contributed by atoms with Crippen molar-refractivity contribution >= 4 is 11.6 Å². The summed E-state index contributed by atoms with van der Waals surface area (Å²) in [5, 5.41) is 9.94. The predicted molar refractivity (Wildman–Crippen MR) is 73.6 cm³/mol. The van der Waals surface area contributed by atoms with Crippen molar-refractivity contribution in [2.45, 2.75) is 50.4 Å². The average molecular weight is 283 g/mol. The number of rotatable bonds is 3. The largest absolute Gasteiger partial charge is 0.488 e. The van der Waals surface area contributed by atoms with Crippen LogP contribution in [0.15, 0.2) is 18.2 Å². The highest BCUT2D eigenvalue weighted by atomic mass is 35.5. The summed E-state index contributed by atoms with van der Waals surface area (Å²) < 4.78 is 12.0. The van der Waals surface area contributed by atoms with E-state index >= 15 is 0 Å². The molecule has 1 saturated carbocycles. The SMILES string of the molecule is OCc1cccc(Cl)c1OC1CCOC2(CCC2)C1. The van der Waals surface area contributed by atoms with Crippen LogP contribution in [0.2, 0.25) is 5.02 Å². The van der Waals surface area contributed by atoms with Gasteiger partial charge in [0, 0.05) is 18.4 Å². The monoisotopic (exact) mass is 282 g/mol. The summed E-state index contributed by atoms with van der Waals surface area (Å²) >= 11 is 6.18. The second-order valence-electron chi connectivity index (χ2n) is 5.50. The van der Waals surface area contributed by atoms with Crippen LogP contribution >= 0.6 is 11.6 Å². The highest BCUT2D eigenvalue weighted by Gasteiger charge is 2.43. The number of hydrogen-bond acceptors (Lipinski definition) is 3. The lowest BCUT2D eigenvalue weighted by molar-refractivity contribution is -0.153. The Labute approximate surface area is 118 Å². The molecule has 2 fully saturated rings. The zero-order valence-corrected chi connectivity index (χ0v) is 11.7. The van der Waals surface area contributed by atoms with E-state index in [2.05, 4.69) is 0 Å². The normalized spacial score (nSPS) is 25.1. The smallest absolute Gasteiger partial charge is 0.143 e. The molecular formula is C15H19ClO3. The zero-order chi connectivity index (χ0) is 13.3. The van der Waals surface area contributed by atoms with Gasteiger partial charge in [-0.3, -0.25) is 0 Å². The molecule has 2 aliphatic rings. The minimum Gasteiger partial charge on any atom is -0.488 e. The van der Waals surface area contributed by atoms with Crippen molar-refractivity contribution in [3.05, 3.63) is 28.8 Å². The third-order valence-corrected chi connectivity index (χ3v) is 4.51. The Balaban J connectivity index is 1.74. The Hall–Kier alpha value is -0.770. The second kappa shape index (κ2) is 5.31. The number of halogens is 1. The van der Waals surface area contributed by atoms with Gasteiger partial charge in [-0.2, -0.15) is 0 Å². The van der Waals surface area contributed by atoms with E-state index in [-0.39, 0.29) is 18.3 Å². The molecule has 1 spiro atoms. The van der Waals surface area contributed by atoms with Gasteiger partial charge in [0.1, 0.15) is 11.9 Å². The van der Waals surface area contributed by atoms with E-state index in [0.717, 1.165) is 37.9 Å². The van der Waals surface area contributed by atoms with Gasteiger partial charge >= 0.3 is 0 Å². The van der Waals surface area contributed by atoms with Gasteiger partial charge in [0.25, 0.3) is 0 Å². The van der Waals surface area contributed by atoms with Gasteiger partial charge in [-0.1, -0.05) is 23.7 Å². The maximum atomic E-state index is 9.37. The number of aliphatic hydroxyl groups is 1. The number of benzene rings is 1. The summed E-state index contributed by atoms with van der Waals surface area (Å²) in [5.74, 6) is 0.632. The van der Waals surface area contributed by atoms with Crippen molar-refractivity contribution in [1.82, 2.24) is 0 Å². The minimum absolute atomic E-state index is 0.0513. The molecule has 1 aliphatic carbocycles. The molecule has 0 amide bonds. The van der Waals surface area contributed by atoms with Crippen LogP contribution in [0.1, 0.15) is 37.7 Å². The fourth-order valence-corrected chi connectivity index (χ4v) is 3.22. The molecule has 1 aromatic rings. The average Bonchev–Trinajstić information content (AvgIpc) is 2.40. The molecular weight excluding hydrogens is 264 g/mol. The number of ether oxygens (including phenoxy) is 2. The molecule has 1 unspecified atom stereocenters. The van der Waals surface area contributed by atoms with Crippen molar-refractivity contribution in [1.29, 1.82) is 0 Å². The van der Waals surface area contributed by atoms with Crippen LogP contribution in [0.5, 0.6) is 5.75 Å². The molecule has 3 nitrogen and oxygen atoms in total. The predicted octanol–water partition coefficient (Wildman–Crippen LogP) is 3.31. The summed E-state index contributed by atoms with van der Waals surface area (Å²) in [7, 11) is 0. The molecule has 1 aromatic carbocycles. The van der Waals surface area contributed by atoms with E-state index in [0.29, 0.717) is 10.8 Å². The Bertz CT molecular complexity index is 457. The summed E-state index contributed by atoms with van der Waals surface area (Å²) in [6, 6.07) is 5.48. The lowest BCUT2D eigenvalue weighted by atomic mass is 9.74. The highest BCUT2D eigenvalue weighted by molar-refractivity contribution is 6.32. The third kappa shape index (κ3) is 2.60. The van der Waals surface area contributed by atoms with E-state index in [4.69, 9.17) is 21.1 Å². The van der Waals surface area contributed by atoms with E-state index in [9.17, 15) is 5.11 Å². The first-order valence-corrected chi connectivity index (χ1v) is 7.29. The van der Waals surface area contributed by atoms with Crippen molar-refractivity contribution in [3.63, 3.8) is 0 Å². The molecule has 3 rings (SSSR count). The first-order valence-electron chi connectivity index (χ1n) is 6.91. The van der Waals surface area contributed by atoms with Gasteiger partial charge in [0.15, 0.2) is 0 Å². The van der Waals surface area contributed by atoms with E-state index in [1.54, 1.807) is 6.07 Å². The first kappa shape index (κ1) is 13.2. The number of para-hydroxylation sites is 1. The van der Waals surface area contributed by atoms with Gasteiger partial charge in [0.2, 0.25) is 0 Å². The van der Waals surface area contributed by atoms with E-state index in [1.807, 2.05) is 12.1 Å². The molecule has 19 heavy (non-hydrogen) atoms. The summed E-state index contributed by atoms with van der Waals surface area (Å²) in [4.78, 5) is 0. The number of hydrogen-bond donors (Lipinski definition) is 1. The van der Waals surface area contributed by atoms with Crippen molar-refractivity contribution < 1.29 is 14.6 Å². The van der Waals surface area contributed by atoms with Crippen LogP contribution in [0.3, 0.4) is 0 Å². The maximum absolute atomic E-state index is 9.37. The molecule has 1 heterocycles. The fraction of sp³-hybridized carbons (Fsp3) is 0.600. The second-order valence-corrected chi connectivity index (χ2v) is 5.91. The van der Waals surface area contributed by atoms with E-state index in [1.165, 1.54) is 6.42 Å². The Morgan fingerprint density at radius 2 is 2.26 bits per heavy atom. The fourth-order valence-electron chi connectivity index (χ4n) is 2.98. The zero-order valence-electron chi connectivity index (χ0n) is 10.9. The topological polar surface area (TPSA) is 38.7 Å². The van der Waals surface area contributed by atoms with Crippen LogP contribution in [0.25, 0.3) is 0 Å². The van der Waals surface area contributed by atoms with Gasteiger partial charge in [0.05, 0.1) is 23.8 Å². The Kier molecular flexibility index (Phi) is 3.70. The molecule has 104 valence electrons. The summed E-state index contributed by atoms with van der Waals surface area (Å²) in [6.07, 6.45) is 5.49. The molecule has 0 radical (unpaired) electrons.